The van der Waals surface area contributed by atoms with Gasteiger partial charge in [0.25, 0.3) is 5.91 Å². The topological polar surface area (TPSA) is 98.1 Å². The first kappa shape index (κ1) is 32.3. The monoisotopic (exact) mass is 593 g/mol. The standard InChI is InChI=1S/C20H18F3N5O2S.C9H20O/c1-12-3-2-4-14(25-12)15-11-31-18(26-15)27-16(29)9-24-17(30)13-5-8-28(10-13)19(6-7-19)20(21,22)23;1-4-7-10-8-6-9(3)5-2/h2-5,8,10-11H,6-7,9H2,1H3,(H,24,30)(H,26,27,29);9H,4-8H2,1-3H3. The van der Waals surface area contributed by atoms with Gasteiger partial charge in [0.15, 0.2) is 5.13 Å². The Morgan fingerprint density at radius 1 is 1.15 bits per heavy atom. The maximum Gasteiger partial charge on any atom is 0.411 e. The number of rotatable bonds is 12. The number of ether oxygens (including phenoxy) is 1. The van der Waals surface area contributed by atoms with E-state index in [0.29, 0.717) is 16.5 Å². The fourth-order valence-electron chi connectivity index (χ4n) is 3.90. The normalized spacial score (nSPS) is 14.5. The van der Waals surface area contributed by atoms with Crippen LogP contribution in [0.2, 0.25) is 0 Å². The molecular weight excluding hydrogens is 555 g/mol. The van der Waals surface area contributed by atoms with E-state index < -0.39 is 23.5 Å². The highest BCUT2D eigenvalue weighted by Crippen LogP contribution is 2.55. The van der Waals surface area contributed by atoms with E-state index in [1.807, 2.05) is 25.1 Å². The van der Waals surface area contributed by atoms with Crippen molar-refractivity contribution in [3.8, 4) is 11.4 Å². The number of carbonyl (C=O) groups excluding carboxylic acids is 2. The summed E-state index contributed by atoms with van der Waals surface area (Å²) in [5.41, 5.74) is 0.285. The molecule has 8 nitrogen and oxygen atoms in total. The molecule has 0 spiro atoms. The van der Waals surface area contributed by atoms with Crippen molar-refractivity contribution in [2.75, 3.05) is 25.1 Å². The number of carbonyl (C=O) groups is 2. The summed E-state index contributed by atoms with van der Waals surface area (Å²) < 4.78 is 46.0. The van der Waals surface area contributed by atoms with Crippen molar-refractivity contribution in [3.63, 3.8) is 0 Å². The quantitative estimate of drug-likeness (QED) is 0.231. The van der Waals surface area contributed by atoms with Crippen molar-refractivity contribution in [2.45, 2.75) is 71.5 Å². The SMILES string of the molecule is CCCOCCC(C)CC.Cc1cccc(-c2csc(NC(=O)CNC(=O)c3ccn(C4(C(F)(F)F)CC4)c3)n2)n1. The van der Waals surface area contributed by atoms with E-state index in [0.717, 1.165) is 42.0 Å². The molecule has 41 heavy (non-hydrogen) atoms. The minimum absolute atomic E-state index is 0.0114. The number of halogens is 3. The molecule has 1 atom stereocenters. The molecule has 2 N–H and O–H groups in total. The lowest BCUT2D eigenvalue weighted by Gasteiger charge is -2.20. The Bertz CT molecular complexity index is 1290. The van der Waals surface area contributed by atoms with Gasteiger partial charge in [-0.15, -0.1) is 11.3 Å². The van der Waals surface area contributed by atoms with Crippen molar-refractivity contribution >= 4 is 28.3 Å². The van der Waals surface area contributed by atoms with Crippen LogP contribution in [0, 0.1) is 12.8 Å². The Balaban J connectivity index is 0.000000397. The third kappa shape index (κ3) is 9.12. The van der Waals surface area contributed by atoms with Crippen molar-refractivity contribution in [3.05, 3.63) is 53.3 Å². The Kier molecular flexibility index (Phi) is 11.5. The zero-order valence-corrected chi connectivity index (χ0v) is 24.7. The van der Waals surface area contributed by atoms with Crippen LogP contribution in [-0.4, -0.2) is 52.3 Å². The van der Waals surface area contributed by atoms with E-state index in [-0.39, 0.29) is 24.9 Å². The molecule has 0 radical (unpaired) electrons. The van der Waals surface area contributed by atoms with E-state index in [2.05, 4.69) is 41.4 Å². The second-order valence-electron chi connectivity index (χ2n) is 10.2. The van der Waals surface area contributed by atoms with Crippen molar-refractivity contribution in [2.24, 2.45) is 5.92 Å². The molecule has 3 aromatic rings. The summed E-state index contributed by atoms with van der Waals surface area (Å²) in [6.07, 6.45) is 1.64. The summed E-state index contributed by atoms with van der Waals surface area (Å²) in [5.74, 6) is -0.299. The highest BCUT2D eigenvalue weighted by Gasteiger charge is 2.64. The molecule has 3 aromatic heterocycles. The van der Waals surface area contributed by atoms with Gasteiger partial charge in [0.1, 0.15) is 11.2 Å². The summed E-state index contributed by atoms with van der Waals surface area (Å²) in [7, 11) is 0. The first-order valence-electron chi connectivity index (χ1n) is 13.8. The molecule has 0 saturated heterocycles. The number of alkyl halides is 3. The molecule has 1 saturated carbocycles. The van der Waals surface area contributed by atoms with Gasteiger partial charge in [0.2, 0.25) is 5.91 Å². The van der Waals surface area contributed by atoms with Crippen LogP contribution in [0.1, 0.15) is 68.9 Å². The van der Waals surface area contributed by atoms with Gasteiger partial charge in [-0.25, -0.2) is 4.98 Å². The van der Waals surface area contributed by atoms with E-state index in [1.165, 1.54) is 36.4 Å². The molecule has 3 heterocycles. The molecule has 0 aromatic carbocycles. The van der Waals surface area contributed by atoms with Crippen molar-refractivity contribution in [1.82, 2.24) is 19.9 Å². The number of nitrogens with one attached hydrogen (secondary N) is 2. The van der Waals surface area contributed by atoms with Gasteiger partial charge in [-0.05, 0) is 56.7 Å². The Morgan fingerprint density at radius 2 is 1.90 bits per heavy atom. The number of pyridine rings is 1. The lowest BCUT2D eigenvalue weighted by Crippen LogP contribution is -2.34. The summed E-state index contributed by atoms with van der Waals surface area (Å²) in [4.78, 5) is 33.0. The molecule has 0 aliphatic heterocycles. The van der Waals surface area contributed by atoms with Gasteiger partial charge in [-0.2, -0.15) is 13.2 Å². The number of anilines is 1. The number of hydrogen-bond acceptors (Lipinski definition) is 6. The second-order valence-corrected chi connectivity index (χ2v) is 11.0. The maximum atomic E-state index is 13.2. The van der Waals surface area contributed by atoms with Gasteiger partial charge < -0.3 is 19.9 Å². The third-order valence-electron chi connectivity index (χ3n) is 6.81. The van der Waals surface area contributed by atoms with Crippen LogP contribution in [0.15, 0.2) is 42.0 Å². The van der Waals surface area contributed by atoms with E-state index in [9.17, 15) is 22.8 Å². The smallest absolute Gasteiger partial charge is 0.381 e. The van der Waals surface area contributed by atoms with Gasteiger partial charge in [0, 0.05) is 36.7 Å². The van der Waals surface area contributed by atoms with Crippen molar-refractivity contribution < 1.29 is 27.5 Å². The number of hydrogen-bond donors (Lipinski definition) is 2. The van der Waals surface area contributed by atoms with Crippen LogP contribution in [0.4, 0.5) is 18.3 Å². The number of amides is 2. The fraction of sp³-hybridized carbons (Fsp3) is 0.517. The molecule has 1 fully saturated rings. The van der Waals surface area contributed by atoms with E-state index in [1.54, 1.807) is 5.38 Å². The predicted molar refractivity (Wildman–Crippen MR) is 154 cm³/mol. The number of nitrogens with zero attached hydrogens (tertiary/aromatic N) is 3. The summed E-state index contributed by atoms with van der Waals surface area (Å²) in [6, 6.07) is 6.84. The molecule has 1 aliphatic carbocycles. The highest BCUT2D eigenvalue weighted by atomic mass is 32.1. The van der Waals surface area contributed by atoms with Gasteiger partial charge in [-0.3, -0.25) is 14.6 Å². The van der Waals surface area contributed by atoms with Crippen LogP contribution < -0.4 is 10.6 Å². The summed E-state index contributed by atoms with van der Waals surface area (Å²) in [5, 5.41) is 7.10. The van der Waals surface area contributed by atoms with Gasteiger partial charge >= 0.3 is 6.18 Å². The highest BCUT2D eigenvalue weighted by molar-refractivity contribution is 7.14. The lowest BCUT2D eigenvalue weighted by molar-refractivity contribution is -0.179. The minimum Gasteiger partial charge on any atom is -0.381 e. The lowest BCUT2D eigenvalue weighted by atomic mass is 10.1. The Labute approximate surface area is 242 Å². The maximum absolute atomic E-state index is 13.2. The average molecular weight is 594 g/mol. The average Bonchev–Trinajstić information content (AvgIpc) is 3.39. The van der Waals surface area contributed by atoms with Gasteiger partial charge in [-0.1, -0.05) is 33.3 Å². The summed E-state index contributed by atoms with van der Waals surface area (Å²) in [6.45, 7) is 10.0. The number of aromatic nitrogens is 3. The fourth-order valence-corrected chi connectivity index (χ4v) is 4.62. The molecule has 1 unspecified atom stereocenters. The van der Waals surface area contributed by atoms with Crippen LogP contribution in [0.3, 0.4) is 0 Å². The van der Waals surface area contributed by atoms with Crippen LogP contribution in [-0.2, 0) is 15.1 Å². The van der Waals surface area contributed by atoms with Gasteiger partial charge in [0.05, 0.1) is 17.8 Å². The van der Waals surface area contributed by atoms with Crippen molar-refractivity contribution in [1.29, 1.82) is 0 Å². The molecule has 224 valence electrons. The first-order valence-corrected chi connectivity index (χ1v) is 14.7. The van der Waals surface area contributed by atoms with Crippen LogP contribution in [0.5, 0.6) is 0 Å². The molecular formula is C29H38F3N5O3S. The number of aryl methyl sites for hydroxylation is 1. The Hall–Kier alpha value is -3.25. The largest absolute Gasteiger partial charge is 0.411 e. The minimum atomic E-state index is -4.37. The molecule has 4 rings (SSSR count). The van der Waals surface area contributed by atoms with Crippen LogP contribution in [0.25, 0.3) is 11.4 Å². The molecule has 12 heteroatoms. The van der Waals surface area contributed by atoms with Crippen LogP contribution >= 0.6 is 11.3 Å². The third-order valence-corrected chi connectivity index (χ3v) is 7.57. The zero-order chi connectivity index (χ0) is 30.0. The predicted octanol–water partition coefficient (Wildman–Crippen LogP) is 6.58. The number of thiazole rings is 1. The molecule has 2 amide bonds. The second kappa shape index (κ2) is 14.6. The first-order chi connectivity index (χ1) is 19.5. The molecule has 1 aliphatic rings. The van der Waals surface area contributed by atoms with E-state index >= 15 is 0 Å². The van der Waals surface area contributed by atoms with E-state index in [4.69, 9.17) is 4.74 Å². The Morgan fingerprint density at radius 3 is 2.54 bits per heavy atom. The zero-order valence-electron chi connectivity index (χ0n) is 23.9. The molecule has 0 bridgehead atoms. The summed E-state index contributed by atoms with van der Waals surface area (Å²) >= 11 is 1.22.